The van der Waals surface area contributed by atoms with Gasteiger partial charge in [0.15, 0.2) is 0 Å². The van der Waals surface area contributed by atoms with E-state index in [4.69, 9.17) is 5.11 Å². The minimum absolute atomic E-state index is 0.0411. The summed E-state index contributed by atoms with van der Waals surface area (Å²) in [6, 6.07) is 5.59. The van der Waals surface area contributed by atoms with E-state index >= 15 is 0 Å². The van der Waals surface area contributed by atoms with Crippen LogP contribution in [0.25, 0.3) is 0 Å². The summed E-state index contributed by atoms with van der Waals surface area (Å²) in [7, 11) is 0. The fourth-order valence-corrected chi connectivity index (χ4v) is 2.17. The van der Waals surface area contributed by atoms with E-state index in [0.717, 1.165) is 6.42 Å². The number of hydrogen-bond donors (Lipinski definition) is 1. The molecule has 90 valence electrons. The van der Waals surface area contributed by atoms with Gasteiger partial charge >= 0.3 is 5.97 Å². The first-order valence-electron chi connectivity index (χ1n) is 5.34. The van der Waals surface area contributed by atoms with Gasteiger partial charge in [-0.3, -0.25) is 10.1 Å². The number of carboxylic acid groups (broad SMARTS) is 1. The molecule has 2 rings (SSSR count). The van der Waals surface area contributed by atoms with Gasteiger partial charge in [-0.15, -0.1) is 0 Å². The molecular weight excluding hydrogens is 224 g/mol. The maximum absolute atomic E-state index is 11.1. The Balaban J connectivity index is 2.39. The zero-order chi connectivity index (χ0) is 12.4. The van der Waals surface area contributed by atoms with Crippen molar-refractivity contribution in [3.63, 3.8) is 0 Å². The lowest BCUT2D eigenvalue weighted by atomic mass is 10.2. The van der Waals surface area contributed by atoms with Crippen LogP contribution in [0.5, 0.6) is 0 Å². The van der Waals surface area contributed by atoms with Crippen molar-refractivity contribution in [3.8, 4) is 0 Å². The largest absolute Gasteiger partial charge is 0.480 e. The molecule has 1 heterocycles. The second-order valence-corrected chi connectivity index (χ2v) is 3.94. The number of aliphatic carboxylic acids is 1. The molecule has 0 bridgehead atoms. The molecule has 0 aromatic heterocycles. The van der Waals surface area contributed by atoms with Crippen LogP contribution in [0.1, 0.15) is 12.8 Å². The van der Waals surface area contributed by atoms with E-state index in [1.807, 2.05) is 0 Å². The number of nitro benzene ring substituents is 1. The molecular formula is C11H12N2O4. The number of carbonyl (C=O) groups is 1. The highest BCUT2D eigenvalue weighted by atomic mass is 16.6. The van der Waals surface area contributed by atoms with E-state index in [2.05, 4.69) is 0 Å². The fraction of sp³-hybridized carbons (Fsp3) is 0.364. The predicted octanol–water partition coefficient (Wildman–Crippen LogP) is 1.65. The molecule has 1 aliphatic heterocycles. The van der Waals surface area contributed by atoms with Gasteiger partial charge in [0.05, 0.1) is 4.92 Å². The number of para-hydroxylation sites is 2. The fourth-order valence-electron chi connectivity index (χ4n) is 2.17. The molecule has 1 aromatic rings. The zero-order valence-electron chi connectivity index (χ0n) is 9.07. The Hall–Kier alpha value is -2.11. The molecule has 1 aromatic carbocycles. The summed E-state index contributed by atoms with van der Waals surface area (Å²) in [5.74, 6) is -0.930. The average molecular weight is 236 g/mol. The lowest BCUT2D eigenvalue weighted by Crippen LogP contribution is -2.36. The maximum atomic E-state index is 11.1. The minimum atomic E-state index is -0.930. The number of rotatable bonds is 3. The first kappa shape index (κ1) is 11.4. The van der Waals surface area contributed by atoms with Crippen molar-refractivity contribution in [1.29, 1.82) is 0 Å². The van der Waals surface area contributed by atoms with E-state index in [1.165, 1.54) is 6.07 Å². The van der Waals surface area contributed by atoms with Crippen molar-refractivity contribution < 1.29 is 14.8 Å². The van der Waals surface area contributed by atoms with Gasteiger partial charge < -0.3 is 10.0 Å². The summed E-state index contributed by atoms with van der Waals surface area (Å²) in [5, 5.41) is 19.9. The molecule has 6 heteroatoms. The molecule has 1 aliphatic rings. The van der Waals surface area contributed by atoms with Gasteiger partial charge in [0.2, 0.25) is 0 Å². The van der Waals surface area contributed by atoms with Crippen LogP contribution in [0, 0.1) is 10.1 Å². The van der Waals surface area contributed by atoms with Crippen LogP contribution in [0.3, 0.4) is 0 Å². The number of anilines is 1. The molecule has 0 saturated carbocycles. The van der Waals surface area contributed by atoms with Crippen LogP contribution in [-0.2, 0) is 4.79 Å². The summed E-state index contributed by atoms with van der Waals surface area (Å²) < 4.78 is 0. The zero-order valence-corrected chi connectivity index (χ0v) is 9.07. The third-order valence-electron chi connectivity index (χ3n) is 2.93. The molecule has 1 atom stereocenters. The molecule has 0 aliphatic carbocycles. The highest BCUT2D eigenvalue weighted by molar-refractivity contribution is 5.80. The maximum Gasteiger partial charge on any atom is 0.326 e. The van der Waals surface area contributed by atoms with Crippen molar-refractivity contribution in [2.45, 2.75) is 18.9 Å². The third-order valence-corrected chi connectivity index (χ3v) is 2.93. The molecule has 6 nitrogen and oxygen atoms in total. The normalized spacial score (nSPS) is 19.3. The molecule has 0 spiro atoms. The monoisotopic (exact) mass is 236 g/mol. The summed E-state index contributed by atoms with van der Waals surface area (Å²) in [6.07, 6.45) is 1.27. The van der Waals surface area contributed by atoms with Crippen molar-refractivity contribution in [1.82, 2.24) is 0 Å². The van der Waals surface area contributed by atoms with Crippen molar-refractivity contribution in [2.75, 3.05) is 11.4 Å². The van der Waals surface area contributed by atoms with Gasteiger partial charge in [-0.1, -0.05) is 12.1 Å². The first-order chi connectivity index (χ1) is 8.11. The third kappa shape index (κ3) is 2.06. The van der Waals surface area contributed by atoms with Gasteiger partial charge in [-0.2, -0.15) is 0 Å². The Morgan fingerprint density at radius 2 is 2.18 bits per heavy atom. The van der Waals surface area contributed by atoms with E-state index in [1.54, 1.807) is 23.1 Å². The standard InChI is InChI=1S/C11H12N2O4/c14-11(15)10-6-3-7-12(10)8-4-1-2-5-9(8)13(16)17/h1-2,4-5,10H,3,6-7H2,(H,14,15). The molecule has 1 unspecified atom stereocenters. The molecule has 0 radical (unpaired) electrons. The summed E-state index contributed by atoms with van der Waals surface area (Å²) in [6.45, 7) is 0.543. The van der Waals surface area contributed by atoms with Crippen LogP contribution in [-0.4, -0.2) is 28.6 Å². The molecule has 0 amide bonds. The van der Waals surface area contributed by atoms with E-state index in [9.17, 15) is 14.9 Å². The molecule has 1 fully saturated rings. The number of hydrogen-bond acceptors (Lipinski definition) is 4. The Morgan fingerprint density at radius 3 is 2.82 bits per heavy atom. The van der Waals surface area contributed by atoms with E-state index in [-0.39, 0.29) is 5.69 Å². The highest BCUT2D eigenvalue weighted by Crippen LogP contribution is 2.33. The number of nitrogens with zero attached hydrogens (tertiary/aromatic N) is 2. The van der Waals surface area contributed by atoms with Crippen molar-refractivity contribution in [3.05, 3.63) is 34.4 Å². The Morgan fingerprint density at radius 1 is 1.47 bits per heavy atom. The van der Waals surface area contributed by atoms with Crippen LogP contribution < -0.4 is 4.90 Å². The SMILES string of the molecule is O=C(O)C1CCCN1c1ccccc1[N+](=O)[O-]. The smallest absolute Gasteiger partial charge is 0.326 e. The number of nitro groups is 1. The van der Waals surface area contributed by atoms with Crippen LogP contribution in [0.2, 0.25) is 0 Å². The van der Waals surface area contributed by atoms with Gasteiger partial charge in [-0.25, -0.2) is 4.79 Å². The number of carboxylic acids is 1. The quantitative estimate of drug-likeness (QED) is 0.637. The second-order valence-electron chi connectivity index (χ2n) is 3.94. The van der Waals surface area contributed by atoms with E-state index in [0.29, 0.717) is 18.7 Å². The van der Waals surface area contributed by atoms with Gasteiger partial charge in [0, 0.05) is 12.6 Å². The van der Waals surface area contributed by atoms with Gasteiger partial charge in [0.1, 0.15) is 11.7 Å². The van der Waals surface area contributed by atoms with Crippen LogP contribution in [0.15, 0.2) is 24.3 Å². The topological polar surface area (TPSA) is 83.7 Å². The first-order valence-corrected chi connectivity index (χ1v) is 5.34. The second kappa shape index (κ2) is 4.40. The van der Waals surface area contributed by atoms with E-state index < -0.39 is 16.9 Å². The molecule has 1 saturated heterocycles. The Bertz CT molecular complexity index is 461. The van der Waals surface area contributed by atoms with Crippen molar-refractivity contribution >= 4 is 17.3 Å². The Labute approximate surface area is 97.6 Å². The van der Waals surface area contributed by atoms with Crippen LogP contribution >= 0.6 is 0 Å². The summed E-state index contributed by atoms with van der Waals surface area (Å²) in [4.78, 5) is 23.1. The summed E-state index contributed by atoms with van der Waals surface area (Å²) >= 11 is 0. The Kier molecular flexibility index (Phi) is 2.95. The summed E-state index contributed by atoms with van der Waals surface area (Å²) in [5.41, 5.74) is 0.350. The van der Waals surface area contributed by atoms with Gasteiger partial charge in [-0.05, 0) is 18.9 Å². The van der Waals surface area contributed by atoms with Crippen LogP contribution in [0.4, 0.5) is 11.4 Å². The molecule has 1 N–H and O–H groups in total. The lowest BCUT2D eigenvalue weighted by Gasteiger charge is -2.23. The lowest BCUT2D eigenvalue weighted by molar-refractivity contribution is -0.384. The highest BCUT2D eigenvalue weighted by Gasteiger charge is 2.33. The number of benzene rings is 1. The predicted molar refractivity (Wildman–Crippen MR) is 61.1 cm³/mol. The van der Waals surface area contributed by atoms with Gasteiger partial charge in [0.25, 0.3) is 5.69 Å². The minimum Gasteiger partial charge on any atom is -0.480 e. The average Bonchev–Trinajstić information content (AvgIpc) is 2.77. The molecule has 17 heavy (non-hydrogen) atoms. The van der Waals surface area contributed by atoms with Crippen molar-refractivity contribution in [2.24, 2.45) is 0 Å².